The van der Waals surface area contributed by atoms with Crippen molar-refractivity contribution in [3.05, 3.63) is 35.4 Å². The van der Waals surface area contributed by atoms with E-state index in [1.54, 1.807) is 0 Å². The third kappa shape index (κ3) is 4.44. The quantitative estimate of drug-likeness (QED) is 0.851. The van der Waals surface area contributed by atoms with Gasteiger partial charge in [-0.3, -0.25) is 9.59 Å². The van der Waals surface area contributed by atoms with Crippen LogP contribution in [0.3, 0.4) is 0 Å². The fourth-order valence-corrected chi connectivity index (χ4v) is 4.21. The molecule has 2 aliphatic rings. The van der Waals surface area contributed by atoms with Gasteiger partial charge < -0.3 is 16.0 Å². The summed E-state index contributed by atoms with van der Waals surface area (Å²) in [5, 5.41) is 3.02. The van der Waals surface area contributed by atoms with Crippen molar-refractivity contribution in [2.45, 2.75) is 70.5 Å². The molecule has 2 amide bonds. The number of carbonyl (C=O) groups is 2. The zero-order valence-electron chi connectivity index (χ0n) is 15.7. The Hall–Kier alpha value is -1.88. The summed E-state index contributed by atoms with van der Waals surface area (Å²) in [6.45, 7) is 3.28. The minimum Gasteiger partial charge on any atom is -0.352 e. The first-order valence-electron chi connectivity index (χ1n) is 9.99. The lowest BCUT2D eigenvalue weighted by Gasteiger charge is -2.38. The topological polar surface area (TPSA) is 75.4 Å². The van der Waals surface area contributed by atoms with Crippen LogP contribution in [0.2, 0.25) is 0 Å². The third-order valence-corrected chi connectivity index (χ3v) is 5.81. The number of amides is 2. The highest BCUT2D eigenvalue weighted by Gasteiger charge is 2.29. The van der Waals surface area contributed by atoms with Crippen LogP contribution in [0, 0.1) is 5.92 Å². The number of hydrogen-bond donors (Lipinski definition) is 2. The maximum absolute atomic E-state index is 12.9. The molecule has 1 aromatic rings. The average molecular weight is 357 g/mol. The molecule has 1 aromatic carbocycles. The first-order chi connectivity index (χ1) is 12.6. The first-order valence-corrected chi connectivity index (χ1v) is 9.99. The van der Waals surface area contributed by atoms with E-state index in [-0.39, 0.29) is 29.8 Å². The summed E-state index contributed by atoms with van der Waals surface area (Å²) in [5.41, 5.74) is 7.80. The summed E-state index contributed by atoms with van der Waals surface area (Å²) in [7, 11) is 0. The second-order valence-electron chi connectivity index (χ2n) is 7.82. The van der Waals surface area contributed by atoms with Gasteiger partial charge in [0.1, 0.15) is 0 Å². The predicted octanol–water partition coefficient (Wildman–Crippen LogP) is 2.83. The van der Waals surface area contributed by atoms with Crippen LogP contribution < -0.4 is 11.1 Å². The second kappa shape index (κ2) is 8.67. The summed E-state index contributed by atoms with van der Waals surface area (Å²) in [5.74, 6) is 0.412. The van der Waals surface area contributed by atoms with Crippen LogP contribution in [0.15, 0.2) is 24.3 Å². The van der Waals surface area contributed by atoms with Crippen molar-refractivity contribution in [1.29, 1.82) is 0 Å². The maximum Gasteiger partial charge on any atom is 0.254 e. The maximum atomic E-state index is 12.9. The predicted molar refractivity (Wildman–Crippen MR) is 103 cm³/mol. The van der Waals surface area contributed by atoms with Crippen LogP contribution in [0.4, 0.5) is 0 Å². The van der Waals surface area contributed by atoms with Crippen molar-refractivity contribution in [3.8, 4) is 0 Å². The van der Waals surface area contributed by atoms with E-state index in [4.69, 9.17) is 5.73 Å². The molecule has 26 heavy (non-hydrogen) atoms. The molecule has 0 radical (unpaired) electrons. The Morgan fingerprint density at radius 3 is 2.42 bits per heavy atom. The minimum atomic E-state index is -0.00989. The molecule has 3 rings (SSSR count). The molecule has 1 saturated carbocycles. The Labute approximate surface area is 156 Å². The Kier molecular flexibility index (Phi) is 6.30. The Morgan fingerprint density at radius 2 is 1.77 bits per heavy atom. The van der Waals surface area contributed by atoms with E-state index in [2.05, 4.69) is 5.32 Å². The van der Waals surface area contributed by atoms with Gasteiger partial charge in [-0.2, -0.15) is 0 Å². The fourth-order valence-electron chi connectivity index (χ4n) is 4.21. The number of piperidine rings is 1. The molecule has 2 unspecified atom stereocenters. The molecule has 0 aromatic heterocycles. The molecule has 0 bridgehead atoms. The molecule has 1 saturated heterocycles. The van der Waals surface area contributed by atoms with Gasteiger partial charge in [-0.25, -0.2) is 0 Å². The van der Waals surface area contributed by atoms with Crippen LogP contribution in [-0.4, -0.2) is 35.3 Å². The molecule has 2 atom stereocenters. The number of hydrogen-bond acceptors (Lipinski definition) is 3. The Bertz CT molecular complexity index is 621. The molecule has 2 fully saturated rings. The Morgan fingerprint density at radius 1 is 1.12 bits per heavy atom. The average Bonchev–Trinajstić information content (AvgIpc) is 3.21. The molecule has 3 N–H and O–H groups in total. The molecule has 1 heterocycles. The van der Waals surface area contributed by atoms with Gasteiger partial charge in [0.05, 0.1) is 0 Å². The summed E-state index contributed by atoms with van der Waals surface area (Å²) in [6, 6.07) is 7.73. The van der Waals surface area contributed by atoms with E-state index in [0.29, 0.717) is 12.1 Å². The first kappa shape index (κ1) is 18.9. The van der Waals surface area contributed by atoms with Gasteiger partial charge in [-0.1, -0.05) is 25.0 Å². The molecule has 5 heteroatoms. The number of rotatable bonds is 5. The zero-order chi connectivity index (χ0) is 18.5. The fraction of sp³-hybridized carbons (Fsp3) is 0.619. The molecular weight excluding hydrogens is 326 g/mol. The van der Waals surface area contributed by atoms with Crippen LogP contribution in [0.1, 0.15) is 67.8 Å². The highest BCUT2D eigenvalue weighted by atomic mass is 16.2. The van der Waals surface area contributed by atoms with Crippen molar-refractivity contribution in [2.24, 2.45) is 11.7 Å². The van der Waals surface area contributed by atoms with Gasteiger partial charge >= 0.3 is 0 Å². The largest absolute Gasteiger partial charge is 0.352 e. The van der Waals surface area contributed by atoms with Crippen molar-refractivity contribution in [2.75, 3.05) is 6.54 Å². The smallest absolute Gasteiger partial charge is 0.254 e. The highest BCUT2D eigenvalue weighted by Crippen LogP contribution is 2.25. The van der Waals surface area contributed by atoms with Crippen LogP contribution >= 0.6 is 0 Å². The van der Waals surface area contributed by atoms with E-state index in [9.17, 15) is 9.59 Å². The van der Waals surface area contributed by atoms with Gasteiger partial charge in [0.15, 0.2) is 0 Å². The number of nitrogens with one attached hydrogen (secondary N) is 1. The number of likely N-dealkylation sites (tertiary alicyclic amines) is 1. The zero-order valence-corrected chi connectivity index (χ0v) is 15.7. The van der Waals surface area contributed by atoms with Crippen LogP contribution in [0.25, 0.3) is 0 Å². The van der Waals surface area contributed by atoms with Gasteiger partial charge in [-0.15, -0.1) is 0 Å². The van der Waals surface area contributed by atoms with Crippen molar-refractivity contribution >= 4 is 11.8 Å². The molecule has 142 valence electrons. The normalized spacial score (nSPS) is 22.2. The van der Waals surface area contributed by atoms with E-state index >= 15 is 0 Å². The minimum absolute atomic E-state index is 0.00989. The lowest BCUT2D eigenvalue weighted by atomic mass is 9.96. The Balaban J connectivity index is 1.57. The molecule has 1 aliphatic carbocycles. The van der Waals surface area contributed by atoms with Gasteiger partial charge in [0.2, 0.25) is 5.91 Å². The number of nitrogens with two attached hydrogens (primary N) is 1. The summed E-state index contributed by atoms with van der Waals surface area (Å²) < 4.78 is 0. The lowest BCUT2D eigenvalue weighted by Crippen LogP contribution is -2.51. The van der Waals surface area contributed by atoms with E-state index in [1.165, 1.54) is 0 Å². The van der Waals surface area contributed by atoms with Gasteiger partial charge in [-0.05, 0) is 56.7 Å². The number of carbonyl (C=O) groups excluding carboxylic acids is 2. The highest BCUT2D eigenvalue weighted by molar-refractivity contribution is 5.94. The third-order valence-electron chi connectivity index (χ3n) is 5.81. The van der Waals surface area contributed by atoms with Gasteiger partial charge in [0.25, 0.3) is 5.91 Å². The second-order valence-corrected chi connectivity index (χ2v) is 7.82. The van der Waals surface area contributed by atoms with E-state index in [1.807, 2.05) is 36.1 Å². The van der Waals surface area contributed by atoms with E-state index < -0.39 is 0 Å². The van der Waals surface area contributed by atoms with Crippen LogP contribution in [-0.2, 0) is 11.3 Å². The SMILES string of the molecule is CC(N)C1CCCCN1C(=O)c1ccc(CNC(=O)C2CCCC2)cc1. The van der Waals surface area contributed by atoms with Crippen molar-refractivity contribution in [1.82, 2.24) is 10.2 Å². The van der Waals surface area contributed by atoms with E-state index in [0.717, 1.165) is 57.1 Å². The molecule has 0 spiro atoms. The number of benzene rings is 1. The van der Waals surface area contributed by atoms with Crippen molar-refractivity contribution in [3.63, 3.8) is 0 Å². The lowest BCUT2D eigenvalue weighted by molar-refractivity contribution is -0.124. The molecular formula is C21H31N3O2. The number of nitrogens with zero attached hydrogens (tertiary/aromatic N) is 1. The van der Waals surface area contributed by atoms with Crippen molar-refractivity contribution < 1.29 is 9.59 Å². The van der Waals surface area contributed by atoms with Crippen LogP contribution in [0.5, 0.6) is 0 Å². The monoisotopic (exact) mass is 357 g/mol. The summed E-state index contributed by atoms with van der Waals surface area (Å²) in [6.07, 6.45) is 7.50. The standard InChI is InChI=1S/C21H31N3O2/c1-15(22)19-8-4-5-13-24(19)21(26)18-11-9-16(10-12-18)14-23-20(25)17-6-2-3-7-17/h9-12,15,17,19H,2-8,13-14,22H2,1H3,(H,23,25). The summed E-state index contributed by atoms with van der Waals surface area (Å²) in [4.78, 5) is 26.9. The molecule has 1 aliphatic heterocycles. The van der Waals surface area contributed by atoms with Gasteiger partial charge in [0, 0.05) is 36.7 Å². The molecule has 5 nitrogen and oxygen atoms in total. The summed E-state index contributed by atoms with van der Waals surface area (Å²) >= 11 is 0.